The number of thiophene rings is 1. The highest BCUT2D eigenvalue weighted by Gasteiger charge is 2.04. The fourth-order valence-corrected chi connectivity index (χ4v) is 2.40. The van der Waals surface area contributed by atoms with Gasteiger partial charge in [0.15, 0.2) is 0 Å². The molecule has 1 N–H and O–H groups in total. The normalized spacial score (nSPS) is 10.3. The fraction of sp³-hybridized carbons (Fsp3) is 0.250. The second-order valence-corrected chi connectivity index (χ2v) is 4.31. The van der Waals surface area contributed by atoms with Crippen molar-refractivity contribution in [2.75, 3.05) is 11.9 Å². The molecule has 0 unspecified atom stereocenters. The van der Waals surface area contributed by atoms with Crippen LogP contribution >= 0.6 is 11.3 Å². The van der Waals surface area contributed by atoms with E-state index in [1.54, 1.807) is 11.3 Å². The Balaban J connectivity index is 2.37. The Kier molecular flexibility index (Phi) is 3.02. The van der Waals surface area contributed by atoms with Gasteiger partial charge in [-0.15, -0.1) is 11.3 Å². The highest BCUT2D eigenvalue weighted by molar-refractivity contribution is 7.13. The van der Waals surface area contributed by atoms with Gasteiger partial charge in [0.1, 0.15) is 0 Å². The molecule has 2 rings (SSSR count). The van der Waals surface area contributed by atoms with Crippen LogP contribution in [0.4, 0.5) is 5.69 Å². The predicted octanol–water partition coefficient (Wildman–Crippen LogP) is 3.55. The molecule has 0 atom stereocenters. The van der Waals surface area contributed by atoms with E-state index in [1.807, 2.05) is 12.3 Å². The summed E-state index contributed by atoms with van der Waals surface area (Å²) in [6, 6.07) is 6.22. The standard InChI is InChI=1S/C12H14N2S/c1-3-13-10-4-6-14-11(8-10)12-9(2)5-7-15-12/h4-8H,3H2,1-2H3,(H,13,14). The van der Waals surface area contributed by atoms with Crippen molar-refractivity contribution in [3.63, 3.8) is 0 Å². The molecule has 0 aliphatic carbocycles. The zero-order chi connectivity index (χ0) is 10.7. The highest BCUT2D eigenvalue weighted by Crippen LogP contribution is 2.28. The minimum absolute atomic E-state index is 0.937. The van der Waals surface area contributed by atoms with Crippen LogP contribution in [0.15, 0.2) is 29.8 Å². The monoisotopic (exact) mass is 218 g/mol. The molecule has 0 saturated carbocycles. The van der Waals surface area contributed by atoms with Gasteiger partial charge in [0, 0.05) is 18.4 Å². The molecule has 0 aromatic carbocycles. The van der Waals surface area contributed by atoms with Crippen molar-refractivity contribution >= 4 is 17.0 Å². The van der Waals surface area contributed by atoms with Crippen molar-refractivity contribution < 1.29 is 0 Å². The Morgan fingerprint density at radius 2 is 2.27 bits per heavy atom. The van der Waals surface area contributed by atoms with Gasteiger partial charge in [0.25, 0.3) is 0 Å². The molecule has 0 amide bonds. The van der Waals surface area contributed by atoms with Crippen LogP contribution in [0.5, 0.6) is 0 Å². The number of nitrogens with zero attached hydrogens (tertiary/aromatic N) is 1. The summed E-state index contributed by atoms with van der Waals surface area (Å²) in [5.41, 5.74) is 3.48. The molecule has 0 aliphatic rings. The van der Waals surface area contributed by atoms with Gasteiger partial charge in [-0.25, -0.2) is 0 Å². The SMILES string of the molecule is CCNc1ccnc(-c2sccc2C)c1. The average molecular weight is 218 g/mol. The Labute approximate surface area is 94.0 Å². The topological polar surface area (TPSA) is 24.9 Å². The van der Waals surface area contributed by atoms with Crippen molar-refractivity contribution in [1.29, 1.82) is 0 Å². The molecular formula is C12H14N2S. The van der Waals surface area contributed by atoms with E-state index in [9.17, 15) is 0 Å². The third kappa shape index (κ3) is 2.18. The van der Waals surface area contributed by atoms with Crippen molar-refractivity contribution in [2.45, 2.75) is 13.8 Å². The first-order chi connectivity index (χ1) is 7.31. The lowest BCUT2D eigenvalue weighted by Crippen LogP contribution is -1.96. The quantitative estimate of drug-likeness (QED) is 0.852. The first-order valence-corrected chi connectivity index (χ1v) is 5.93. The fourth-order valence-electron chi connectivity index (χ4n) is 1.50. The largest absolute Gasteiger partial charge is 0.385 e. The van der Waals surface area contributed by atoms with E-state index < -0.39 is 0 Å². The van der Waals surface area contributed by atoms with Crippen molar-refractivity contribution in [2.24, 2.45) is 0 Å². The molecule has 15 heavy (non-hydrogen) atoms. The van der Waals surface area contributed by atoms with Crippen LogP contribution in [0.3, 0.4) is 0 Å². The van der Waals surface area contributed by atoms with E-state index in [4.69, 9.17) is 0 Å². The van der Waals surface area contributed by atoms with Gasteiger partial charge in [-0.05, 0) is 43.0 Å². The summed E-state index contributed by atoms with van der Waals surface area (Å²) >= 11 is 1.74. The molecule has 2 nitrogen and oxygen atoms in total. The number of hydrogen-bond acceptors (Lipinski definition) is 3. The third-order valence-corrected chi connectivity index (χ3v) is 3.27. The van der Waals surface area contributed by atoms with Crippen LogP contribution < -0.4 is 5.32 Å². The predicted molar refractivity (Wildman–Crippen MR) is 66.5 cm³/mol. The van der Waals surface area contributed by atoms with E-state index in [0.29, 0.717) is 0 Å². The summed E-state index contributed by atoms with van der Waals surface area (Å²) in [6.07, 6.45) is 1.85. The van der Waals surface area contributed by atoms with Crippen molar-refractivity contribution in [1.82, 2.24) is 4.98 Å². The van der Waals surface area contributed by atoms with Crippen LogP contribution in [-0.4, -0.2) is 11.5 Å². The number of nitrogens with one attached hydrogen (secondary N) is 1. The lowest BCUT2D eigenvalue weighted by molar-refractivity contribution is 1.20. The zero-order valence-corrected chi connectivity index (χ0v) is 9.77. The lowest BCUT2D eigenvalue weighted by Gasteiger charge is -2.04. The van der Waals surface area contributed by atoms with E-state index in [2.05, 4.69) is 41.7 Å². The number of pyridine rings is 1. The van der Waals surface area contributed by atoms with Crippen LogP contribution in [0, 0.1) is 6.92 Å². The summed E-state index contributed by atoms with van der Waals surface area (Å²) in [4.78, 5) is 5.65. The minimum atomic E-state index is 0.937. The molecular weight excluding hydrogens is 204 g/mol. The van der Waals surface area contributed by atoms with Crippen LogP contribution in [0.1, 0.15) is 12.5 Å². The van der Waals surface area contributed by atoms with Gasteiger partial charge in [0.05, 0.1) is 10.6 Å². The Morgan fingerprint density at radius 3 is 2.93 bits per heavy atom. The second kappa shape index (κ2) is 4.45. The molecule has 0 radical (unpaired) electrons. The second-order valence-electron chi connectivity index (χ2n) is 3.39. The van der Waals surface area contributed by atoms with Gasteiger partial charge < -0.3 is 5.32 Å². The summed E-state index contributed by atoms with van der Waals surface area (Å²) in [7, 11) is 0. The Morgan fingerprint density at radius 1 is 1.40 bits per heavy atom. The number of aryl methyl sites for hydroxylation is 1. The summed E-state index contributed by atoms with van der Waals surface area (Å²) in [6.45, 7) is 5.15. The lowest BCUT2D eigenvalue weighted by atomic mass is 10.2. The van der Waals surface area contributed by atoms with E-state index in [0.717, 1.165) is 17.9 Å². The summed E-state index contributed by atoms with van der Waals surface area (Å²) in [5, 5.41) is 5.40. The van der Waals surface area contributed by atoms with Crippen LogP contribution in [-0.2, 0) is 0 Å². The van der Waals surface area contributed by atoms with Gasteiger partial charge in [-0.2, -0.15) is 0 Å². The first kappa shape index (κ1) is 10.2. The van der Waals surface area contributed by atoms with Gasteiger partial charge in [0.2, 0.25) is 0 Å². The van der Waals surface area contributed by atoms with Crippen molar-refractivity contribution in [3.8, 4) is 10.6 Å². The zero-order valence-electron chi connectivity index (χ0n) is 8.95. The van der Waals surface area contributed by atoms with Gasteiger partial charge >= 0.3 is 0 Å². The molecule has 0 bridgehead atoms. The maximum absolute atomic E-state index is 4.40. The molecule has 0 fully saturated rings. The van der Waals surface area contributed by atoms with Gasteiger partial charge in [-0.1, -0.05) is 0 Å². The summed E-state index contributed by atoms with van der Waals surface area (Å²) < 4.78 is 0. The molecule has 0 aliphatic heterocycles. The molecule has 78 valence electrons. The van der Waals surface area contributed by atoms with Gasteiger partial charge in [-0.3, -0.25) is 4.98 Å². The number of rotatable bonds is 3. The number of aromatic nitrogens is 1. The molecule has 2 aromatic heterocycles. The Hall–Kier alpha value is -1.35. The first-order valence-electron chi connectivity index (χ1n) is 5.05. The van der Waals surface area contributed by atoms with E-state index in [1.165, 1.54) is 10.4 Å². The molecule has 0 saturated heterocycles. The minimum Gasteiger partial charge on any atom is -0.385 e. The Bertz CT molecular complexity index is 448. The van der Waals surface area contributed by atoms with E-state index >= 15 is 0 Å². The maximum atomic E-state index is 4.40. The molecule has 0 spiro atoms. The summed E-state index contributed by atoms with van der Waals surface area (Å²) in [5.74, 6) is 0. The highest BCUT2D eigenvalue weighted by atomic mass is 32.1. The molecule has 2 heterocycles. The average Bonchev–Trinajstić information content (AvgIpc) is 2.65. The number of hydrogen-bond donors (Lipinski definition) is 1. The molecule has 2 aromatic rings. The number of anilines is 1. The van der Waals surface area contributed by atoms with Crippen LogP contribution in [0.2, 0.25) is 0 Å². The van der Waals surface area contributed by atoms with Crippen molar-refractivity contribution in [3.05, 3.63) is 35.3 Å². The third-order valence-electron chi connectivity index (χ3n) is 2.24. The smallest absolute Gasteiger partial charge is 0.0824 e. The van der Waals surface area contributed by atoms with Crippen LogP contribution in [0.25, 0.3) is 10.6 Å². The molecule has 3 heteroatoms. The maximum Gasteiger partial charge on any atom is 0.0824 e. The van der Waals surface area contributed by atoms with E-state index in [-0.39, 0.29) is 0 Å².